The van der Waals surface area contributed by atoms with E-state index in [1.165, 1.54) is 53.8 Å². The number of ether oxygens (including phenoxy) is 2. The molecule has 3 saturated heterocycles. The second-order valence-electron chi connectivity index (χ2n) is 33.8. The number of pyridine rings is 4. The molecule has 0 N–H and O–H groups in total. The zero-order valence-corrected chi connectivity index (χ0v) is 63.7. The summed E-state index contributed by atoms with van der Waals surface area (Å²) in [4.78, 5) is 36.9. The molecule has 5 aromatic heterocycles. The minimum Gasteiger partial charge on any atom is -0.444 e. The highest BCUT2D eigenvalue weighted by atomic mass is 32.2. The van der Waals surface area contributed by atoms with E-state index in [9.17, 15) is 13.2 Å². The van der Waals surface area contributed by atoms with Crippen molar-refractivity contribution < 1.29 is 27.2 Å². The molecular weight excluding hydrogens is 1170 g/mol. The predicted molar refractivity (Wildman–Crippen MR) is 381 cm³/mol. The zero-order valence-electron chi connectivity index (χ0n) is 62.9. The van der Waals surface area contributed by atoms with Crippen LogP contribution in [0.1, 0.15) is 269 Å². The molecule has 1 atom stereocenters. The normalized spacial score (nSPS) is 17.9. The number of nitrogens with zero attached hydrogens (tertiary/aromatic N) is 9. The second kappa shape index (κ2) is 34.0. The van der Waals surface area contributed by atoms with Crippen LogP contribution in [-0.4, -0.2) is 127 Å². The van der Waals surface area contributed by atoms with Gasteiger partial charge in [0.1, 0.15) is 6.10 Å². The minimum atomic E-state index is -2.95. The Kier molecular flexibility index (Phi) is 29.9. The van der Waals surface area contributed by atoms with E-state index in [2.05, 4.69) is 225 Å². The summed E-state index contributed by atoms with van der Waals surface area (Å²) in [6.45, 7) is 65.8. The fourth-order valence-electron chi connectivity index (χ4n) is 10.2. The average molecular weight is 1290 g/mol. The first kappa shape index (κ1) is 81.1. The Balaban J connectivity index is 0.000000276. The van der Waals surface area contributed by atoms with E-state index in [0.29, 0.717) is 31.0 Å². The number of hydrogen-bond acceptors (Lipinski definition) is 13. The van der Waals surface area contributed by atoms with Crippen LogP contribution in [0.25, 0.3) is 0 Å². The number of rotatable bonds is 3. The van der Waals surface area contributed by atoms with Gasteiger partial charge in [0.15, 0.2) is 5.82 Å². The van der Waals surface area contributed by atoms with Crippen molar-refractivity contribution in [3.8, 4) is 0 Å². The molecule has 92 heavy (non-hydrogen) atoms. The SMILES string of the molecule is CC(C)(C)C1CCOCC1.CC(C)(C)N1CCN(S(=O)(=O)C2CC2)CC1.CC(C)(C)c1ccccn1.CC(C)(C)c1nc(C2CC2)no1.C[C@@H]1CN(C(C)(C)C)C(=O)O1.Cc1cccnc1C(C)(C)C.Cc1cccnc1C(C)(C)C.Cc1ccnc(C(C)(C)C)c1. The van der Waals surface area contributed by atoms with E-state index in [-0.39, 0.29) is 55.6 Å². The Bertz CT molecular complexity index is 3010. The minimum absolute atomic E-state index is 0.0137. The largest absolute Gasteiger partial charge is 0.444 e. The monoisotopic (exact) mass is 1290 g/mol. The Morgan fingerprint density at radius 3 is 1.30 bits per heavy atom. The first-order valence-corrected chi connectivity index (χ1v) is 35.4. The van der Waals surface area contributed by atoms with Gasteiger partial charge in [-0.05, 0) is 172 Å². The fourth-order valence-corrected chi connectivity index (χ4v) is 12.1. The molecule has 1 amide bonds. The number of cyclic esters (lactones) is 1. The van der Waals surface area contributed by atoms with Crippen LogP contribution in [0.3, 0.4) is 0 Å². The molecule has 2 aliphatic carbocycles. The number of hydrogen-bond donors (Lipinski definition) is 0. The highest BCUT2D eigenvalue weighted by Gasteiger charge is 2.42. The molecule has 3 aliphatic heterocycles. The van der Waals surface area contributed by atoms with Crippen LogP contribution in [0.5, 0.6) is 0 Å². The van der Waals surface area contributed by atoms with Crippen molar-refractivity contribution in [3.63, 3.8) is 0 Å². The maximum atomic E-state index is 12.0. The first-order valence-electron chi connectivity index (χ1n) is 33.9. The highest BCUT2D eigenvalue weighted by molar-refractivity contribution is 7.90. The van der Waals surface area contributed by atoms with E-state index < -0.39 is 10.0 Å². The molecule has 5 aliphatic rings. The molecule has 518 valence electrons. The van der Waals surface area contributed by atoms with Gasteiger partial charge in [-0.1, -0.05) is 148 Å². The van der Waals surface area contributed by atoms with Gasteiger partial charge in [-0.25, -0.2) is 13.2 Å². The topological polar surface area (TPSA) is 170 Å². The van der Waals surface area contributed by atoms with Crippen LogP contribution in [0.4, 0.5) is 4.79 Å². The Morgan fingerprint density at radius 1 is 0.522 bits per heavy atom. The Labute approximate surface area is 560 Å². The van der Waals surface area contributed by atoms with Crippen molar-refractivity contribution >= 4 is 16.1 Å². The third-order valence-corrected chi connectivity index (χ3v) is 18.7. The van der Waals surface area contributed by atoms with Crippen molar-refractivity contribution in [1.29, 1.82) is 0 Å². The molecule has 0 aromatic carbocycles. The summed E-state index contributed by atoms with van der Waals surface area (Å²) >= 11 is 0. The lowest BCUT2D eigenvalue weighted by molar-refractivity contribution is 0.0286. The summed E-state index contributed by atoms with van der Waals surface area (Å²) in [7, 11) is -2.95. The average Bonchev–Trinajstić information content (AvgIpc) is 1.62. The van der Waals surface area contributed by atoms with Gasteiger partial charge < -0.3 is 14.0 Å². The molecule has 0 bridgehead atoms. The molecule has 15 nitrogen and oxygen atoms in total. The standard InChI is InChI=1S/C11H22N2O2S.3C10H15N.C9H14N2O.C9H13N.C9H18O.C8H15NO2/c1-11(2,3)12-6-8-13(9-7-12)16(14,15)10-4-5-10;1-8-5-6-11-9(7-8)10(2,3)4;2*1-8-6-5-7-11-9(8)10(2,3)4;1-9(2,3)8-10-7(11-12-8)6-4-5-6;1-9(2,3)8-6-4-5-7-10-8;1-9(2,3)8-4-6-10-7-5-8;1-6-5-9(7(10)11-6)8(2,3)4/h10H,4-9H2,1-3H3;3*5-7H,1-4H3;6H,4-5H2,1-3H3;4-7H,1-3H3;8H,4-7H2,1-3H3;6H,5H2,1-4H3/t;;;;;;;6-/m.......1/s1. The summed E-state index contributed by atoms with van der Waals surface area (Å²) < 4.78 is 41.2. The Hall–Kier alpha value is -5.16. The fraction of sp³-hybridized carbons (Fsp3) is 0.697. The molecule has 2 saturated carbocycles. The van der Waals surface area contributed by atoms with E-state index in [0.717, 1.165) is 68.2 Å². The van der Waals surface area contributed by atoms with Gasteiger partial charge in [0.05, 0.1) is 11.8 Å². The quantitative estimate of drug-likeness (QED) is 0.167. The molecule has 0 radical (unpaired) electrons. The first-order chi connectivity index (χ1) is 42.0. The summed E-state index contributed by atoms with van der Waals surface area (Å²) in [5.74, 6) is 3.12. The summed E-state index contributed by atoms with van der Waals surface area (Å²) in [5, 5.41) is 3.90. The number of piperazine rings is 1. The number of carbonyl (C=O) groups is 1. The molecule has 16 heteroatoms. The van der Waals surface area contributed by atoms with Crippen LogP contribution in [-0.2, 0) is 46.6 Å². The number of sulfonamides is 1. The van der Waals surface area contributed by atoms with Crippen molar-refractivity contribution in [2.45, 2.75) is 288 Å². The molecule has 5 fully saturated rings. The lowest BCUT2D eigenvalue weighted by Gasteiger charge is -2.41. The van der Waals surface area contributed by atoms with Crippen molar-refractivity contribution in [3.05, 3.63) is 131 Å². The van der Waals surface area contributed by atoms with Crippen LogP contribution >= 0.6 is 0 Å². The maximum Gasteiger partial charge on any atom is 0.410 e. The third-order valence-electron chi connectivity index (χ3n) is 16.3. The van der Waals surface area contributed by atoms with Gasteiger partial charge >= 0.3 is 6.09 Å². The van der Waals surface area contributed by atoms with Gasteiger partial charge in [0.2, 0.25) is 15.9 Å². The predicted octanol–water partition coefficient (Wildman–Crippen LogP) is 17.7. The molecule has 0 spiro atoms. The number of aromatic nitrogens is 6. The molecule has 0 unspecified atom stereocenters. The van der Waals surface area contributed by atoms with Crippen LogP contribution in [0, 0.1) is 32.1 Å². The Morgan fingerprint density at radius 2 is 1.01 bits per heavy atom. The maximum absolute atomic E-state index is 12.0. The van der Waals surface area contributed by atoms with Gasteiger partial charge in [-0.3, -0.25) is 29.7 Å². The second-order valence-corrected chi connectivity index (χ2v) is 36.0. The molecule has 5 aromatic rings. The summed E-state index contributed by atoms with van der Waals surface area (Å²) in [5.41, 5.74) is 9.75. The van der Waals surface area contributed by atoms with E-state index in [1.54, 1.807) is 9.21 Å². The van der Waals surface area contributed by atoms with Crippen molar-refractivity contribution in [2.24, 2.45) is 11.3 Å². The number of amides is 1. The van der Waals surface area contributed by atoms with Crippen LogP contribution in [0.15, 0.2) is 83.9 Å². The van der Waals surface area contributed by atoms with E-state index >= 15 is 0 Å². The lowest BCUT2D eigenvalue weighted by atomic mass is 9.76. The summed E-state index contributed by atoms with van der Waals surface area (Å²) in [6, 6.07) is 18.3. The van der Waals surface area contributed by atoms with E-state index in [1.807, 2.05) is 82.8 Å². The third kappa shape index (κ3) is 28.8. The highest BCUT2D eigenvalue weighted by Crippen LogP contribution is 2.39. The molecular formula is C76H127N9O6S. The van der Waals surface area contributed by atoms with Crippen molar-refractivity contribution in [2.75, 3.05) is 45.9 Å². The van der Waals surface area contributed by atoms with E-state index in [4.69, 9.17) is 14.0 Å². The summed E-state index contributed by atoms with van der Waals surface area (Å²) in [6.07, 6.45) is 14.0. The van der Waals surface area contributed by atoms with Gasteiger partial charge in [0.25, 0.3) is 0 Å². The number of carbonyl (C=O) groups excluding carboxylic acids is 1. The van der Waals surface area contributed by atoms with Gasteiger partial charge in [-0.15, -0.1) is 0 Å². The smallest absolute Gasteiger partial charge is 0.410 e. The van der Waals surface area contributed by atoms with Crippen LogP contribution < -0.4 is 0 Å². The number of aryl methyl sites for hydroxylation is 3. The van der Waals surface area contributed by atoms with Gasteiger partial charge in [0, 0.05) is 131 Å². The van der Waals surface area contributed by atoms with Gasteiger partial charge in [-0.2, -0.15) is 9.29 Å². The molecule has 8 heterocycles. The lowest BCUT2D eigenvalue weighted by Crippen LogP contribution is -2.55. The van der Waals surface area contributed by atoms with Crippen LogP contribution in [0.2, 0.25) is 0 Å². The molecule has 10 rings (SSSR count). The van der Waals surface area contributed by atoms with Crippen molar-refractivity contribution in [1.82, 2.24) is 44.2 Å². The zero-order chi connectivity index (χ0) is 70.1.